The van der Waals surface area contributed by atoms with Gasteiger partial charge in [-0.1, -0.05) is 67.1 Å². The third-order valence-electron chi connectivity index (χ3n) is 4.63. The van der Waals surface area contributed by atoms with E-state index in [2.05, 4.69) is 36.3 Å². The smallest absolute Gasteiger partial charge is 0.175 e. The molecule has 1 aromatic heterocycles. The van der Waals surface area contributed by atoms with Crippen LogP contribution < -0.4 is 5.73 Å². The van der Waals surface area contributed by atoms with Gasteiger partial charge in [0.2, 0.25) is 0 Å². The molecule has 0 aliphatic heterocycles. The predicted molar refractivity (Wildman–Crippen MR) is 86.0 cm³/mol. The fourth-order valence-electron chi connectivity index (χ4n) is 3.35. The summed E-state index contributed by atoms with van der Waals surface area (Å²) in [4.78, 5) is 0. The summed E-state index contributed by atoms with van der Waals surface area (Å²) in [6.07, 6.45) is 9.03. The number of benzene rings is 1. The molecule has 0 amide bonds. The molecule has 0 unspecified atom stereocenters. The average molecular weight is 284 g/mol. The van der Waals surface area contributed by atoms with Crippen LogP contribution >= 0.6 is 0 Å². The normalized spacial score (nSPS) is 16.2. The number of hydrogen-bond acceptors (Lipinski definition) is 3. The molecular formula is C18H24N2O. The van der Waals surface area contributed by atoms with E-state index in [1.807, 2.05) is 0 Å². The molecule has 1 aromatic carbocycles. The van der Waals surface area contributed by atoms with Crippen LogP contribution in [0, 0.1) is 12.8 Å². The standard InChI is InChI=1S/C18H24N2O/c1-13-7-10-15(11-8-13)17-16(21-20-18(17)19)12-9-14-5-3-2-4-6-14/h7-8,10-11,14H,2-6,9,12H2,1H3,(H2,19,20). The van der Waals surface area contributed by atoms with E-state index in [4.69, 9.17) is 10.3 Å². The Morgan fingerprint density at radius 2 is 1.86 bits per heavy atom. The number of nitrogens with zero attached hydrogens (tertiary/aromatic N) is 1. The molecule has 1 saturated carbocycles. The van der Waals surface area contributed by atoms with Crippen LogP contribution in [0.2, 0.25) is 0 Å². The van der Waals surface area contributed by atoms with Gasteiger partial charge in [0.05, 0.1) is 5.56 Å². The van der Waals surface area contributed by atoms with Gasteiger partial charge in [0.1, 0.15) is 5.76 Å². The average Bonchev–Trinajstić information content (AvgIpc) is 2.88. The minimum Gasteiger partial charge on any atom is -0.380 e. The van der Waals surface area contributed by atoms with E-state index in [0.29, 0.717) is 5.82 Å². The second-order valence-electron chi connectivity index (χ2n) is 6.27. The fraction of sp³-hybridized carbons (Fsp3) is 0.500. The minimum absolute atomic E-state index is 0.512. The predicted octanol–water partition coefficient (Wildman–Crippen LogP) is 4.75. The first-order chi connectivity index (χ1) is 10.2. The van der Waals surface area contributed by atoms with Crippen molar-refractivity contribution in [3.63, 3.8) is 0 Å². The molecular weight excluding hydrogens is 260 g/mol. The van der Waals surface area contributed by atoms with Crippen molar-refractivity contribution in [2.45, 2.75) is 51.9 Å². The van der Waals surface area contributed by atoms with Crippen molar-refractivity contribution in [2.24, 2.45) is 5.92 Å². The summed E-state index contributed by atoms with van der Waals surface area (Å²) in [5, 5.41) is 3.98. The molecule has 0 atom stereocenters. The number of nitrogen functional groups attached to an aromatic ring is 1. The summed E-state index contributed by atoms with van der Waals surface area (Å²) in [6.45, 7) is 2.09. The third-order valence-corrected chi connectivity index (χ3v) is 4.63. The molecule has 3 heteroatoms. The lowest BCUT2D eigenvalue weighted by molar-refractivity contribution is 0.318. The first-order valence-corrected chi connectivity index (χ1v) is 8.05. The van der Waals surface area contributed by atoms with Crippen molar-refractivity contribution < 1.29 is 4.52 Å². The van der Waals surface area contributed by atoms with Crippen molar-refractivity contribution in [3.05, 3.63) is 35.6 Å². The quantitative estimate of drug-likeness (QED) is 0.881. The Kier molecular flexibility index (Phi) is 4.28. The highest BCUT2D eigenvalue weighted by Gasteiger charge is 2.19. The maximum Gasteiger partial charge on any atom is 0.175 e. The van der Waals surface area contributed by atoms with Gasteiger partial charge >= 0.3 is 0 Å². The number of aryl methyl sites for hydroxylation is 2. The van der Waals surface area contributed by atoms with Crippen LogP contribution in [0.3, 0.4) is 0 Å². The summed E-state index contributed by atoms with van der Waals surface area (Å²) in [5.41, 5.74) is 9.36. The molecule has 2 aromatic rings. The second kappa shape index (κ2) is 6.33. The molecule has 1 aliphatic rings. The van der Waals surface area contributed by atoms with Gasteiger partial charge in [-0.05, 0) is 24.8 Å². The lowest BCUT2D eigenvalue weighted by Gasteiger charge is -2.20. The van der Waals surface area contributed by atoms with E-state index < -0.39 is 0 Å². The molecule has 2 N–H and O–H groups in total. The highest BCUT2D eigenvalue weighted by molar-refractivity contribution is 5.75. The van der Waals surface area contributed by atoms with Crippen molar-refractivity contribution in [1.82, 2.24) is 5.16 Å². The number of hydrogen-bond donors (Lipinski definition) is 1. The van der Waals surface area contributed by atoms with Crippen molar-refractivity contribution in [3.8, 4) is 11.1 Å². The van der Waals surface area contributed by atoms with Crippen LogP contribution in [0.1, 0.15) is 49.8 Å². The van der Waals surface area contributed by atoms with Gasteiger partial charge in [-0.2, -0.15) is 0 Å². The first-order valence-electron chi connectivity index (χ1n) is 8.05. The van der Waals surface area contributed by atoms with Crippen LogP contribution in [0.25, 0.3) is 11.1 Å². The second-order valence-corrected chi connectivity index (χ2v) is 6.27. The Labute approximate surface area is 126 Å². The monoisotopic (exact) mass is 284 g/mol. The maximum absolute atomic E-state index is 6.02. The minimum atomic E-state index is 0.512. The van der Waals surface area contributed by atoms with Crippen LogP contribution in [-0.2, 0) is 6.42 Å². The van der Waals surface area contributed by atoms with Gasteiger partial charge in [0.25, 0.3) is 0 Å². The highest BCUT2D eigenvalue weighted by Crippen LogP contribution is 2.33. The van der Waals surface area contributed by atoms with Gasteiger partial charge in [0, 0.05) is 6.42 Å². The molecule has 0 saturated heterocycles. The van der Waals surface area contributed by atoms with Crippen LogP contribution in [0.15, 0.2) is 28.8 Å². The maximum atomic E-state index is 6.02. The lowest BCUT2D eigenvalue weighted by atomic mass is 9.85. The van der Waals surface area contributed by atoms with E-state index in [9.17, 15) is 0 Å². The number of rotatable bonds is 4. The molecule has 0 spiro atoms. The molecule has 3 nitrogen and oxygen atoms in total. The van der Waals surface area contributed by atoms with E-state index >= 15 is 0 Å². The Morgan fingerprint density at radius 1 is 1.14 bits per heavy atom. The Bertz CT molecular complexity index is 580. The van der Waals surface area contributed by atoms with Gasteiger partial charge in [0.15, 0.2) is 5.82 Å². The zero-order valence-electron chi connectivity index (χ0n) is 12.8. The van der Waals surface area contributed by atoms with Crippen molar-refractivity contribution in [1.29, 1.82) is 0 Å². The van der Waals surface area contributed by atoms with E-state index in [1.54, 1.807) is 0 Å². The number of aromatic nitrogens is 1. The zero-order chi connectivity index (χ0) is 14.7. The topological polar surface area (TPSA) is 52.0 Å². The van der Waals surface area contributed by atoms with Crippen LogP contribution in [0.5, 0.6) is 0 Å². The lowest BCUT2D eigenvalue weighted by Crippen LogP contribution is -2.07. The number of anilines is 1. The SMILES string of the molecule is Cc1ccc(-c2c(N)noc2CCC2CCCCC2)cc1. The number of nitrogens with two attached hydrogens (primary N) is 1. The van der Waals surface area contributed by atoms with Gasteiger partial charge < -0.3 is 10.3 Å². The Balaban J connectivity index is 1.75. The Hall–Kier alpha value is -1.77. The molecule has 1 heterocycles. The van der Waals surface area contributed by atoms with Gasteiger partial charge in [-0.15, -0.1) is 0 Å². The molecule has 112 valence electrons. The zero-order valence-corrected chi connectivity index (χ0v) is 12.8. The largest absolute Gasteiger partial charge is 0.380 e. The molecule has 1 fully saturated rings. The molecule has 21 heavy (non-hydrogen) atoms. The van der Waals surface area contributed by atoms with E-state index in [1.165, 1.54) is 44.1 Å². The van der Waals surface area contributed by atoms with Crippen molar-refractivity contribution in [2.75, 3.05) is 5.73 Å². The molecule has 0 radical (unpaired) electrons. The van der Waals surface area contributed by atoms with Crippen molar-refractivity contribution >= 4 is 5.82 Å². The summed E-state index contributed by atoms with van der Waals surface area (Å²) < 4.78 is 5.50. The molecule has 1 aliphatic carbocycles. The van der Waals surface area contributed by atoms with Crippen LogP contribution in [-0.4, -0.2) is 5.16 Å². The van der Waals surface area contributed by atoms with E-state index in [-0.39, 0.29) is 0 Å². The summed E-state index contributed by atoms with van der Waals surface area (Å²) in [5.74, 6) is 2.30. The van der Waals surface area contributed by atoms with E-state index in [0.717, 1.165) is 29.2 Å². The van der Waals surface area contributed by atoms with Crippen LogP contribution in [0.4, 0.5) is 5.82 Å². The highest BCUT2D eigenvalue weighted by atomic mass is 16.5. The van der Waals surface area contributed by atoms with Gasteiger partial charge in [-0.3, -0.25) is 0 Å². The summed E-state index contributed by atoms with van der Waals surface area (Å²) >= 11 is 0. The molecule has 0 bridgehead atoms. The fourth-order valence-corrected chi connectivity index (χ4v) is 3.35. The summed E-state index contributed by atoms with van der Waals surface area (Å²) in [7, 11) is 0. The third kappa shape index (κ3) is 3.29. The summed E-state index contributed by atoms with van der Waals surface area (Å²) in [6, 6.07) is 8.41. The van der Waals surface area contributed by atoms with Gasteiger partial charge in [-0.25, -0.2) is 0 Å². The Morgan fingerprint density at radius 3 is 2.57 bits per heavy atom. The first kappa shape index (κ1) is 14.2. The molecule has 3 rings (SSSR count).